The summed E-state index contributed by atoms with van der Waals surface area (Å²) in [6.07, 6.45) is 0.728. The van der Waals surface area contributed by atoms with Crippen LogP contribution in [0.15, 0.2) is 35.1 Å². The van der Waals surface area contributed by atoms with E-state index in [4.69, 9.17) is 27.9 Å². The second-order valence-electron chi connectivity index (χ2n) is 4.22. The van der Waals surface area contributed by atoms with E-state index in [-0.39, 0.29) is 27.0 Å². The van der Waals surface area contributed by atoms with E-state index in [1.807, 2.05) is 6.92 Å². The third-order valence-electron chi connectivity index (χ3n) is 2.63. The Morgan fingerprint density at radius 3 is 2.76 bits per heavy atom. The van der Waals surface area contributed by atoms with Gasteiger partial charge in [0.25, 0.3) is 5.56 Å². The average Bonchev–Trinajstić information content (AvgIpc) is 2.46. The van der Waals surface area contributed by atoms with Crippen molar-refractivity contribution in [3.8, 4) is 5.75 Å². The lowest BCUT2D eigenvalue weighted by atomic mass is 10.3. The number of hydrogen-bond donors (Lipinski definition) is 0. The highest BCUT2D eigenvalue weighted by Crippen LogP contribution is 2.31. The van der Waals surface area contributed by atoms with E-state index < -0.39 is 5.97 Å². The van der Waals surface area contributed by atoms with Crippen molar-refractivity contribution in [2.24, 2.45) is 0 Å². The lowest BCUT2D eigenvalue weighted by Crippen LogP contribution is -2.25. The summed E-state index contributed by atoms with van der Waals surface area (Å²) < 4.78 is 6.37. The molecular weight excluding hydrogens is 315 g/mol. The van der Waals surface area contributed by atoms with Crippen molar-refractivity contribution in [2.75, 3.05) is 0 Å². The van der Waals surface area contributed by atoms with E-state index in [1.54, 1.807) is 12.1 Å². The van der Waals surface area contributed by atoms with Crippen molar-refractivity contribution in [1.82, 2.24) is 9.78 Å². The molecule has 110 valence electrons. The van der Waals surface area contributed by atoms with E-state index in [0.717, 1.165) is 6.42 Å². The molecule has 1 aromatic heterocycles. The van der Waals surface area contributed by atoms with Gasteiger partial charge in [0.05, 0.1) is 5.02 Å². The molecule has 7 heteroatoms. The predicted octanol–water partition coefficient (Wildman–Crippen LogP) is 3.18. The minimum atomic E-state index is -0.705. The van der Waals surface area contributed by atoms with Crippen molar-refractivity contribution in [1.29, 1.82) is 0 Å². The molecule has 1 heterocycles. The van der Waals surface area contributed by atoms with E-state index in [0.29, 0.717) is 6.54 Å². The number of aryl methyl sites for hydroxylation is 1. The Kier molecular flexibility index (Phi) is 4.98. The molecule has 0 radical (unpaired) electrons. The molecule has 21 heavy (non-hydrogen) atoms. The molecule has 0 aliphatic carbocycles. The van der Waals surface area contributed by atoms with Gasteiger partial charge in [0.2, 0.25) is 0 Å². The summed E-state index contributed by atoms with van der Waals surface area (Å²) in [5.41, 5.74) is -0.242. The van der Waals surface area contributed by atoms with Gasteiger partial charge in [-0.2, -0.15) is 5.10 Å². The topological polar surface area (TPSA) is 61.2 Å². The molecule has 0 amide bonds. The van der Waals surface area contributed by atoms with E-state index in [9.17, 15) is 9.59 Å². The van der Waals surface area contributed by atoms with Crippen LogP contribution in [-0.4, -0.2) is 15.7 Å². The maximum atomic E-state index is 12.0. The molecule has 0 N–H and O–H groups in total. The highest BCUT2D eigenvalue weighted by Gasteiger charge is 2.15. The number of aromatic nitrogens is 2. The second-order valence-corrected chi connectivity index (χ2v) is 5.01. The zero-order chi connectivity index (χ0) is 15.4. The van der Waals surface area contributed by atoms with Gasteiger partial charge in [-0.3, -0.25) is 4.79 Å². The van der Waals surface area contributed by atoms with E-state index >= 15 is 0 Å². The molecule has 0 aliphatic rings. The molecule has 2 rings (SSSR count). The highest BCUT2D eigenvalue weighted by molar-refractivity contribution is 6.43. The van der Waals surface area contributed by atoms with Crippen LogP contribution in [0, 0.1) is 0 Å². The molecule has 2 aromatic rings. The number of rotatable bonds is 4. The molecule has 0 saturated heterocycles. The molecule has 0 atom stereocenters. The Bertz CT molecular complexity index is 728. The molecular formula is C14H12Cl2N2O3. The first-order chi connectivity index (χ1) is 10.0. The van der Waals surface area contributed by atoms with Crippen LogP contribution in [0.2, 0.25) is 10.0 Å². The Labute approximate surface area is 131 Å². The van der Waals surface area contributed by atoms with Crippen molar-refractivity contribution in [3.05, 3.63) is 56.4 Å². The summed E-state index contributed by atoms with van der Waals surface area (Å²) >= 11 is 11.8. The number of ether oxygens (including phenoxy) is 1. The summed E-state index contributed by atoms with van der Waals surface area (Å²) in [7, 11) is 0. The standard InChI is InChI=1S/C14H12Cl2N2O3/c1-2-8-18-12(19)7-6-10(17-18)14(20)21-11-5-3-4-9(15)13(11)16/h3-7H,2,8H2,1H3. The molecule has 0 bridgehead atoms. The maximum absolute atomic E-state index is 12.0. The number of esters is 1. The lowest BCUT2D eigenvalue weighted by molar-refractivity contribution is 0.0725. The molecule has 1 aromatic carbocycles. The zero-order valence-corrected chi connectivity index (χ0v) is 12.7. The number of nitrogens with zero attached hydrogens (tertiary/aromatic N) is 2. The van der Waals surface area contributed by atoms with Crippen molar-refractivity contribution < 1.29 is 9.53 Å². The van der Waals surface area contributed by atoms with Gasteiger partial charge in [0, 0.05) is 12.6 Å². The number of hydrogen-bond acceptors (Lipinski definition) is 4. The van der Waals surface area contributed by atoms with Gasteiger partial charge in [-0.05, 0) is 24.6 Å². The summed E-state index contributed by atoms with van der Waals surface area (Å²) in [6, 6.07) is 7.31. The SMILES string of the molecule is CCCn1nc(C(=O)Oc2cccc(Cl)c2Cl)ccc1=O. The Hall–Kier alpha value is -1.85. The first-order valence-electron chi connectivity index (χ1n) is 6.27. The Morgan fingerprint density at radius 1 is 1.29 bits per heavy atom. The van der Waals surface area contributed by atoms with Gasteiger partial charge in [-0.15, -0.1) is 0 Å². The number of benzene rings is 1. The van der Waals surface area contributed by atoms with Crippen LogP contribution in [-0.2, 0) is 6.54 Å². The Morgan fingerprint density at radius 2 is 2.05 bits per heavy atom. The fourth-order valence-corrected chi connectivity index (χ4v) is 1.98. The summed E-state index contributed by atoms with van der Waals surface area (Å²) in [5, 5.41) is 4.39. The first kappa shape index (κ1) is 15.5. The van der Waals surface area contributed by atoms with Crippen LogP contribution in [0.1, 0.15) is 23.8 Å². The molecule has 5 nitrogen and oxygen atoms in total. The van der Waals surface area contributed by atoms with Crippen LogP contribution in [0.5, 0.6) is 5.75 Å². The number of carbonyl (C=O) groups excluding carboxylic acids is 1. The number of carbonyl (C=O) groups is 1. The maximum Gasteiger partial charge on any atom is 0.364 e. The smallest absolute Gasteiger partial charge is 0.364 e. The molecule has 0 unspecified atom stereocenters. The van der Waals surface area contributed by atoms with E-state index in [1.165, 1.54) is 22.9 Å². The van der Waals surface area contributed by atoms with Crippen molar-refractivity contribution >= 4 is 29.2 Å². The largest absolute Gasteiger partial charge is 0.420 e. The predicted molar refractivity (Wildman–Crippen MR) is 80.2 cm³/mol. The Balaban J connectivity index is 2.26. The van der Waals surface area contributed by atoms with Crippen LogP contribution >= 0.6 is 23.2 Å². The van der Waals surface area contributed by atoms with Crippen molar-refractivity contribution in [2.45, 2.75) is 19.9 Å². The first-order valence-corrected chi connectivity index (χ1v) is 7.03. The average molecular weight is 327 g/mol. The monoisotopic (exact) mass is 326 g/mol. The highest BCUT2D eigenvalue weighted by atomic mass is 35.5. The second kappa shape index (κ2) is 6.74. The third-order valence-corrected chi connectivity index (χ3v) is 3.43. The van der Waals surface area contributed by atoms with Crippen LogP contribution in [0.25, 0.3) is 0 Å². The summed E-state index contributed by atoms with van der Waals surface area (Å²) in [4.78, 5) is 23.6. The van der Waals surface area contributed by atoms with Gasteiger partial charge >= 0.3 is 5.97 Å². The molecule has 0 spiro atoms. The molecule has 0 fully saturated rings. The van der Waals surface area contributed by atoms with Gasteiger partial charge in [0.1, 0.15) is 5.02 Å². The van der Waals surface area contributed by atoms with Crippen LogP contribution in [0.3, 0.4) is 0 Å². The van der Waals surface area contributed by atoms with Crippen LogP contribution in [0.4, 0.5) is 0 Å². The minimum absolute atomic E-state index is 0.0269. The van der Waals surface area contributed by atoms with Crippen LogP contribution < -0.4 is 10.3 Å². The molecule has 0 aliphatic heterocycles. The van der Waals surface area contributed by atoms with Gasteiger partial charge in [-0.1, -0.05) is 36.2 Å². The van der Waals surface area contributed by atoms with Gasteiger partial charge in [-0.25, -0.2) is 9.48 Å². The van der Waals surface area contributed by atoms with E-state index in [2.05, 4.69) is 5.10 Å². The quantitative estimate of drug-likeness (QED) is 0.639. The zero-order valence-electron chi connectivity index (χ0n) is 11.2. The lowest BCUT2D eigenvalue weighted by Gasteiger charge is -2.08. The fraction of sp³-hybridized carbons (Fsp3) is 0.214. The van der Waals surface area contributed by atoms with Gasteiger partial charge < -0.3 is 4.74 Å². The normalized spacial score (nSPS) is 10.4. The molecule has 0 saturated carbocycles. The van der Waals surface area contributed by atoms with Crippen molar-refractivity contribution in [3.63, 3.8) is 0 Å². The number of halogens is 2. The minimum Gasteiger partial charge on any atom is -0.420 e. The third kappa shape index (κ3) is 3.62. The summed E-state index contributed by atoms with van der Waals surface area (Å²) in [5.74, 6) is -0.562. The fourth-order valence-electron chi connectivity index (χ4n) is 1.64. The van der Waals surface area contributed by atoms with Gasteiger partial charge in [0.15, 0.2) is 11.4 Å². The summed E-state index contributed by atoms with van der Waals surface area (Å²) in [6.45, 7) is 2.34.